The van der Waals surface area contributed by atoms with Crippen molar-refractivity contribution in [2.45, 2.75) is 49.0 Å². The van der Waals surface area contributed by atoms with Gasteiger partial charge in [-0.3, -0.25) is 0 Å². The van der Waals surface area contributed by atoms with Crippen LogP contribution >= 0.6 is 0 Å². The zero-order valence-electron chi connectivity index (χ0n) is 13.8. The standard InChI is InChI=1S/C18H24N2O2S/c1-20-10-4-5-13(20)11-14-17-15(19-18(14)12-8-9-12)6-3-7-16(17)23(2,21)22/h3,6-7,12-13,19H,4-5,8-11H2,1-2H3/t13-/m1/s1. The number of likely N-dealkylation sites (tertiary alicyclic amines) is 1. The summed E-state index contributed by atoms with van der Waals surface area (Å²) in [6, 6.07) is 6.14. The van der Waals surface area contributed by atoms with Crippen molar-refractivity contribution in [3.8, 4) is 0 Å². The Morgan fingerprint density at radius 3 is 2.65 bits per heavy atom. The third-order valence-electron chi connectivity index (χ3n) is 5.42. The number of H-pyrrole nitrogens is 1. The molecule has 23 heavy (non-hydrogen) atoms. The smallest absolute Gasteiger partial charge is 0.176 e. The first-order chi connectivity index (χ1) is 10.9. The van der Waals surface area contributed by atoms with Gasteiger partial charge >= 0.3 is 0 Å². The molecular formula is C18H24N2O2S. The third kappa shape index (κ3) is 2.70. The molecule has 124 valence electrons. The molecule has 4 rings (SSSR count). The molecule has 1 aromatic carbocycles. The molecule has 5 heteroatoms. The summed E-state index contributed by atoms with van der Waals surface area (Å²) in [7, 11) is -1.04. The second kappa shape index (κ2) is 5.35. The average molecular weight is 332 g/mol. The Morgan fingerprint density at radius 2 is 2.04 bits per heavy atom. The molecule has 0 amide bonds. The lowest BCUT2D eigenvalue weighted by Gasteiger charge is -2.20. The zero-order valence-corrected chi connectivity index (χ0v) is 14.6. The van der Waals surface area contributed by atoms with Crippen molar-refractivity contribution >= 4 is 20.7 Å². The van der Waals surface area contributed by atoms with E-state index in [0.29, 0.717) is 16.9 Å². The number of aromatic nitrogens is 1. The van der Waals surface area contributed by atoms with Gasteiger partial charge in [-0.05, 0) is 69.3 Å². The summed E-state index contributed by atoms with van der Waals surface area (Å²) in [6.07, 6.45) is 7.14. The van der Waals surface area contributed by atoms with E-state index < -0.39 is 9.84 Å². The number of aromatic amines is 1. The van der Waals surface area contributed by atoms with Gasteiger partial charge in [0.15, 0.2) is 9.84 Å². The first-order valence-electron chi connectivity index (χ1n) is 8.49. The molecule has 1 atom stereocenters. The number of sulfone groups is 1. The van der Waals surface area contributed by atoms with Crippen molar-refractivity contribution in [1.29, 1.82) is 0 Å². The Morgan fingerprint density at radius 1 is 1.26 bits per heavy atom. The van der Waals surface area contributed by atoms with E-state index >= 15 is 0 Å². The monoisotopic (exact) mass is 332 g/mol. The molecule has 1 N–H and O–H groups in total. The molecule has 0 spiro atoms. The number of hydrogen-bond acceptors (Lipinski definition) is 3. The molecule has 2 aromatic rings. The molecule has 2 aliphatic rings. The Balaban J connectivity index is 1.90. The molecule has 0 unspecified atom stereocenters. The van der Waals surface area contributed by atoms with Crippen LogP contribution in [-0.2, 0) is 16.3 Å². The molecule has 0 bridgehead atoms. The normalized spacial score (nSPS) is 23.0. The van der Waals surface area contributed by atoms with E-state index in [-0.39, 0.29) is 0 Å². The van der Waals surface area contributed by atoms with Gasteiger partial charge < -0.3 is 9.88 Å². The molecule has 1 saturated carbocycles. The molecule has 1 aromatic heterocycles. The van der Waals surface area contributed by atoms with Gasteiger partial charge in [0.25, 0.3) is 0 Å². The largest absolute Gasteiger partial charge is 0.358 e. The van der Waals surface area contributed by atoms with Crippen LogP contribution in [0, 0.1) is 0 Å². The van der Waals surface area contributed by atoms with E-state index in [0.717, 1.165) is 23.9 Å². The lowest BCUT2D eigenvalue weighted by molar-refractivity contribution is 0.309. The Kier molecular flexibility index (Phi) is 3.54. The summed E-state index contributed by atoms with van der Waals surface area (Å²) < 4.78 is 24.5. The number of hydrogen-bond donors (Lipinski definition) is 1. The van der Waals surface area contributed by atoms with E-state index in [9.17, 15) is 8.42 Å². The topological polar surface area (TPSA) is 53.2 Å². The van der Waals surface area contributed by atoms with Crippen LogP contribution in [0.3, 0.4) is 0 Å². The molecule has 1 saturated heterocycles. The maximum atomic E-state index is 12.3. The second-order valence-electron chi connectivity index (χ2n) is 7.22. The summed E-state index contributed by atoms with van der Waals surface area (Å²) in [5.41, 5.74) is 3.52. The third-order valence-corrected chi connectivity index (χ3v) is 6.56. The summed E-state index contributed by atoms with van der Waals surface area (Å²) in [6.45, 7) is 1.14. The van der Waals surface area contributed by atoms with Crippen LogP contribution in [0.5, 0.6) is 0 Å². The second-order valence-corrected chi connectivity index (χ2v) is 9.21. The van der Waals surface area contributed by atoms with Crippen molar-refractivity contribution < 1.29 is 8.42 Å². The highest BCUT2D eigenvalue weighted by molar-refractivity contribution is 7.91. The van der Waals surface area contributed by atoms with Crippen LogP contribution in [0.25, 0.3) is 10.9 Å². The minimum atomic E-state index is -3.22. The highest BCUT2D eigenvalue weighted by atomic mass is 32.2. The number of likely N-dealkylation sites (N-methyl/N-ethyl adjacent to an activating group) is 1. The van der Waals surface area contributed by atoms with Crippen LogP contribution in [0.15, 0.2) is 23.1 Å². The summed E-state index contributed by atoms with van der Waals surface area (Å²) in [4.78, 5) is 6.44. The van der Waals surface area contributed by atoms with Gasteiger partial charge in [0.05, 0.1) is 4.90 Å². The first-order valence-corrected chi connectivity index (χ1v) is 10.4. The van der Waals surface area contributed by atoms with Crippen LogP contribution < -0.4 is 0 Å². The van der Waals surface area contributed by atoms with Gasteiger partial charge in [0.1, 0.15) is 0 Å². The molecule has 1 aliphatic heterocycles. The number of rotatable bonds is 4. The van der Waals surface area contributed by atoms with Crippen molar-refractivity contribution in [1.82, 2.24) is 9.88 Å². The molecular weight excluding hydrogens is 308 g/mol. The fourth-order valence-corrected chi connectivity index (χ4v) is 4.95. The number of nitrogens with zero attached hydrogens (tertiary/aromatic N) is 1. The Hall–Kier alpha value is -1.33. The van der Waals surface area contributed by atoms with Gasteiger partial charge in [-0.25, -0.2) is 8.42 Å². The maximum Gasteiger partial charge on any atom is 0.176 e. The SMILES string of the molecule is CN1CCC[C@@H]1Cc1c(C2CC2)[nH]c2cccc(S(C)(=O)=O)c12. The number of benzene rings is 1. The maximum absolute atomic E-state index is 12.3. The summed E-state index contributed by atoms with van der Waals surface area (Å²) >= 11 is 0. The van der Waals surface area contributed by atoms with Crippen molar-refractivity contribution in [3.63, 3.8) is 0 Å². The quantitative estimate of drug-likeness (QED) is 0.936. The minimum absolute atomic E-state index is 0.480. The minimum Gasteiger partial charge on any atom is -0.358 e. The Bertz CT molecular complexity index is 849. The number of nitrogens with one attached hydrogen (secondary N) is 1. The van der Waals surface area contributed by atoms with E-state index in [2.05, 4.69) is 16.9 Å². The average Bonchev–Trinajstić information content (AvgIpc) is 3.16. The van der Waals surface area contributed by atoms with E-state index in [1.54, 1.807) is 6.07 Å². The van der Waals surface area contributed by atoms with E-state index in [4.69, 9.17) is 0 Å². The van der Waals surface area contributed by atoms with Crippen LogP contribution in [0.1, 0.15) is 42.9 Å². The van der Waals surface area contributed by atoms with Gasteiger partial charge in [0.2, 0.25) is 0 Å². The van der Waals surface area contributed by atoms with E-state index in [1.165, 1.54) is 43.2 Å². The van der Waals surface area contributed by atoms with Gasteiger partial charge in [-0.15, -0.1) is 0 Å². The Labute approximate surface area is 137 Å². The van der Waals surface area contributed by atoms with Crippen LogP contribution in [0.2, 0.25) is 0 Å². The van der Waals surface area contributed by atoms with Crippen LogP contribution in [0.4, 0.5) is 0 Å². The summed E-state index contributed by atoms with van der Waals surface area (Å²) in [5.74, 6) is 0.594. The highest BCUT2D eigenvalue weighted by Crippen LogP contribution is 2.45. The zero-order chi connectivity index (χ0) is 16.2. The van der Waals surface area contributed by atoms with Crippen molar-refractivity contribution in [2.24, 2.45) is 0 Å². The fraction of sp³-hybridized carbons (Fsp3) is 0.556. The highest BCUT2D eigenvalue weighted by Gasteiger charge is 2.32. The van der Waals surface area contributed by atoms with Gasteiger partial charge in [-0.2, -0.15) is 0 Å². The lowest BCUT2D eigenvalue weighted by atomic mass is 9.99. The molecule has 0 radical (unpaired) electrons. The first kappa shape index (κ1) is 15.2. The van der Waals surface area contributed by atoms with Crippen molar-refractivity contribution in [3.05, 3.63) is 29.5 Å². The van der Waals surface area contributed by atoms with Gasteiger partial charge in [0, 0.05) is 28.9 Å². The fourth-order valence-electron chi connectivity index (χ4n) is 4.02. The predicted molar refractivity (Wildman–Crippen MR) is 92.7 cm³/mol. The predicted octanol–water partition coefficient (Wildman–Crippen LogP) is 3.09. The number of fused-ring (bicyclic) bond motifs is 1. The summed E-state index contributed by atoms with van der Waals surface area (Å²) in [5, 5.41) is 0.942. The molecule has 4 nitrogen and oxygen atoms in total. The van der Waals surface area contributed by atoms with Crippen molar-refractivity contribution in [2.75, 3.05) is 19.8 Å². The lowest BCUT2D eigenvalue weighted by Crippen LogP contribution is -2.27. The molecule has 2 fully saturated rings. The van der Waals surface area contributed by atoms with Gasteiger partial charge in [-0.1, -0.05) is 6.07 Å². The molecule has 1 aliphatic carbocycles. The van der Waals surface area contributed by atoms with Crippen LogP contribution in [-0.4, -0.2) is 44.2 Å². The molecule has 2 heterocycles. The van der Waals surface area contributed by atoms with E-state index in [1.807, 2.05) is 12.1 Å².